The number of para-hydroxylation sites is 1. The second kappa shape index (κ2) is 6.95. The van der Waals surface area contributed by atoms with Crippen molar-refractivity contribution in [1.29, 1.82) is 0 Å². The molecule has 0 amide bonds. The molecule has 106 valence electrons. The van der Waals surface area contributed by atoms with Crippen molar-refractivity contribution in [2.75, 3.05) is 11.9 Å². The second-order valence-corrected chi connectivity index (χ2v) is 5.90. The zero-order chi connectivity index (χ0) is 13.7. The van der Waals surface area contributed by atoms with Crippen molar-refractivity contribution in [3.05, 3.63) is 29.8 Å². The van der Waals surface area contributed by atoms with E-state index < -0.39 is 0 Å². The van der Waals surface area contributed by atoms with Crippen LogP contribution in [0.4, 0.5) is 5.69 Å². The minimum Gasteiger partial charge on any atom is -0.382 e. The number of anilines is 1. The number of rotatable bonds is 5. The molecular formula is C17H27NO. The molecule has 1 aromatic rings. The molecule has 2 rings (SSSR count). The first-order valence-electron chi connectivity index (χ1n) is 7.63. The molecule has 1 N–H and O–H groups in total. The Morgan fingerprint density at radius 1 is 1.16 bits per heavy atom. The molecule has 1 aliphatic rings. The first kappa shape index (κ1) is 14.4. The van der Waals surface area contributed by atoms with Gasteiger partial charge in [0.15, 0.2) is 0 Å². The highest BCUT2D eigenvalue weighted by molar-refractivity contribution is 5.51. The summed E-state index contributed by atoms with van der Waals surface area (Å²) in [7, 11) is 0. The molecule has 0 radical (unpaired) electrons. The molecule has 1 fully saturated rings. The third kappa shape index (κ3) is 3.97. The van der Waals surface area contributed by atoms with Gasteiger partial charge in [-0.2, -0.15) is 0 Å². The zero-order valence-electron chi connectivity index (χ0n) is 12.5. The molecule has 0 spiro atoms. The van der Waals surface area contributed by atoms with Crippen LogP contribution in [0, 0.1) is 11.8 Å². The maximum atomic E-state index is 5.55. The average Bonchev–Trinajstić information content (AvgIpc) is 2.42. The van der Waals surface area contributed by atoms with Crippen LogP contribution in [0.15, 0.2) is 24.3 Å². The minimum atomic E-state index is 0.619. The average molecular weight is 261 g/mol. The standard InChI is InChI=1S/C17H27NO/c1-4-19-12-15-7-5-6-8-17(15)18-16-10-9-13(2)14(3)11-16/h5-8,13-14,16,18H,4,9-12H2,1-3H3. The van der Waals surface area contributed by atoms with Crippen LogP contribution < -0.4 is 5.32 Å². The van der Waals surface area contributed by atoms with Crippen LogP contribution in [0.2, 0.25) is 0 Å². The number of ether oxygens (including phenoxy) is 1. The lowest BCUT2D eigenvalue weighted by Gasteiger charge is -2.33. The molecular weight excluding hydrogens is 234 g/mol. The molecule has 1 aromatic carbocycles. The van der Waals surface area contributed by atoms with Gasteiger partial charge >= 0.3 is 0 Å². The van der Waals surface area contributed by atoms with Crippen molar-refractivity contribution in [2.45, 2.75) is 52.7 Å². The van der Waals surface area contributed by atoms with Crippen LogP contribution in [0.1, 0.15) is 45.6 Å². The Balaban J connectivity index is 1.98. The van der Waals surface area contributed by atoms with Crippen molar-refractivity contribution in [2.24, 2.45) is 11.8 Å². The Bertz CT molecular complexity index is 391. The van der Waals surface area contributed by atoms with Gasteiger partial charge in [-0.05, 0) is 44.1 Å². The van der Waals surface area contributed by atoms with Gasteiger partial charge in [0.2, 0.25) is 0 Å². The Morgan fingerprint density at radius 3 is 2.68 bits per heavy atom. The molecule has 1 saturated carbocycles. The molecule has 2 nitrogen and oxygen atoms in total. The predicted octanol–water partition coefficient (Wildman–Crippen LogP) is 4.46. The van der Waals surface area contributed by atoms with Gasteiger partial charge in [-0.3, -0.25) is 0 Å². The van der Waals surface area contributed by atoms with Gasteiger partial charge in [0.05, 0.1) is 6.61 Å². The molecule has 3 atom stereocenters. The van der Waals surface area contributed by atoms with E-state index in [2.05, 4.69) is 43.4 Å². The number of hydrogen-bond donors (Lipinski definition) is 1. The molecule has 0 aromatic heterocycles. The van der Waals surface area contributed by atoms with Gasteiger partial charge < -0.3 is 10.1 Å². The van der Waals surface area contributed by atoms with Crippen molar-refractivity contribution in [3.63, 3.8) is 0 Å². The van der Waals surface area contributed by atoms with Crippen molar-refractivity contribution in [1.82, 2.24) is 0 Å². The molecule has 0 saturated heterocycles. The number of hydrogen-bond acceptors (Lipinski definition) is 2. The summed E-state index contributed by atoms with van der Waals surface area (Å²) in [6.45, 7) is 8.28. The number of benzene rings is 1. The maximum absolute atomic E-state index is 5.55. The fourth-order valence-electron chi connectivity index (χ4n) is 2.90. The maximum Gasteiger partial charge on any atom is 0.0736 e. The van der Waals surface area contributed by atoms with Gasteiger partial charge in [0.25, 0.3) is 0 Å². The highest BCUT2D eigenvalue weighted by Gasteiger charge is 2.24. The summed E-state index contributed by atoms with van der Waals surface area (Å²) in [4.78, 5) is 0. The van der Waals surface area contributed by atoms with E-state index in [-0.39, 0.29) is 0 Å². The third-order valence-electron chi connectivity index (χ3n) is 4.44. The summed E-state index contributed by atoms with van der Waals surface area (Å²) >= 11 is 0. The van der Waals surface area contributed by atoms with Crippen molar-refractivity contribution < 1.29 is 4.74 Å². The van der Waals surface area contributed by atoms with Crippen molar-refractivity contribution >= 4 is 5.69 Å². The Labute approximate surface area is 117 Å². The van der Waals surface area contributed by atoms with Gasteiger partial charge in [-0.1, -0.05) is 32.0 Å². The molecule has 0 aliphatic heterocycles. The summed E-state index contributed by atoms with van der Waals surface area (Å²) in [6, 6.07) is 9.15. The summed E-state index contributed by atoms with van der Waals surface area (Å²) in [5.74, 6) is 1.70. The fourth-order valence-corrected chi connectivity index (χ4v) is 2.90. The van der Waals surface area contributed by atoms with E-state index in [1.165, 1.54) is 30.5 Å². The summed E-state index contributed by atoms with van der Waals surface area (Å²) in [6.07, 6.45) is 3.91. The van der Waals surface area contributed by atoms with E-state index in [1.807, 2.05) is 6.92 Å². The second-order valence-electron chi connectivity index (χ2n) is 5.90. The highest BCUT2D eigenvalue weighted by atomic mass is 16.5. The Hall–Kier alpha value is -1.02. The van der Waals surface area contributed by atoms with Crippen LogP contribution >= 0.6 is 0 Å². The normalized spacial score (nSPS) is 27.2. The molecule has 3 unspecified atom stereocenters. The lowest BCUT2D eigenvalue weighted by atomic mass is 9.79. The summed E-state index contributed by atoms with van der Waals surface area (Å²) in [5.41, 5.74) is 2.53. The quantitative estimate of drug-likeness (QED) is 0.845. The van der Waals surface area contributed by atoms with E-state index in [4.69, 9.17) is 4.74 Å². The first-order chi connectivity index (χ1) is 9.20. The molecule has 19 heavy (non-hydrogen) atoms. The topological polar surface area (TPSA) is 21.3 Å². The summed E-state index contributed by atoms with van der Waals surface area (Å²) in [5, 5.41) is 3.73. The minimum absolute atomic E-state index is 0.619. The van der Waals surface area contributed by atoms with Crippen LogP contribution in [0.3, 0.4) is 0 Å². The molecule has 1 aliphatic carbocycles. The lowest BCUT2D eigenvalue weighted by Crippen LogP contribution is -2.30. The molecule has 0 bridgehead atoms. The van der Waals surface area contributed by atoms with Gasteiger partial charge in [0.1, 0.15) is 0 Å². The van der Waals surface area contributed by atoms with Gasteiger partial charge in [0, 0.05) is 23.9 Å². The third-order valence-corrected chi connectivity index (χ3v) is 4.44. The van der Waals surface area contributed by atoms with Crippen LogP contribution in [0.25, 0.3) is 0 Å². The van der Waals surface area contributed by atoms with Crippen LogP contribution in [-0.4, -0.2) is 12.6 Å². The fraction of sp³-hybridized carbons (Fsp3) is 0.647. The van der Waals surface area contributed by atoms with E-state index in [1.54, 1.807) is 0 Å². The number of nitrogens with one attached hydrogen (secondary N) is 1. The van der Waals surface area contributed by atoms with Gasteiger partial charge in [-0.15, -0.1) is 0 Å². The first-order valence-corrected chi connectivity index (χ1v) is 7.63. The zero-order valence-corrected chi connectivity index (χ0v) is 12.5. The predicted molar refractivity (Wildman–Crippen MR) is 81.4 cm³/mol. The molecule has 2 heteroatoms. The van der Waals surface area contributed by atoms with Crippen LogP contribution in [-0.2, 0) is 11.3 Å². The largest absolute Gasteiger partial charge is 0.382 e. The monoisotopic (exact) mass is 261 g/mol. The lowest BCUT2D eigenvalue weighted by molar-refractivity contribution is 0.134. The van der Waals surface area contributed by atoms with E-state index in [9.17, 15) is 0 Å². The van der Waals surface area contributed by atoms with Crippen molar-refractivity contribution in [3.8, 4) is 0 Å². The van der Waals surface area contributed by atoms with E-state index in [0.29, 0.717) is 12.6 Å². The smallest absolute Gasteiger partial charge is 0.0736 e. The van der Waals surface area contributed by atoms with E-state index in [0.717, 1.165) is 18.4 Å². The molecule has 0 heterocycles. The van der Waals surface area contributed by atoms with E-state index >= 15 is 0 Å². The van der Waals surface area contributed by atoms with Crippen LogP contribution in [0.5, 0.6) is 0 Å². The SMILES string of the molecule is CCOCc1ccccc1NC1CCC(C)C(C)C1. The Morgan fingerprint density at radius 2 is 1.95 bits per heavy atom. The summed E-state index contributed by atoms with van der Waals surface area (Å²) < 4.78 is 5.55. The highest BCUT2D eigenvalue weighted by Crippen LogP contribution is 2.31. The Kier molecular flexibility index (Phi) is 5.26. The van der Waals surface area contributed by atoms with Gasteiger partial charge in [-0.25, -0.2) is 0 Å².